The number of thiol groups is 1. The molecular formula is C26H29NO2S. The Morgan fingerprint density at radius 3 is 1.80 bits per heavy atom. The summed E-state index contributed by atoms with van der Waals surface area (Å²) in [4.78, 5) is 13.3. The minimum atomic E-state index is -0.238. The van der Waals surface area contributed by atoms with Crippen molar-refractivity contribution in [2.45, 2.75) is 32.1 Å². The van der Waals surface area contributed by atoms with Crippen molar-refractivity contribution in [2.24, 2.45) is 0 Å². The molecule has 0 aliphatic carbocycles. The number of hydrogen-bond donors (Lipinski definition) is 1. The molecule has 0 amide bonds. The van der Waals surface area contributed by atoms with Crippen LogP contribution in [0.4, 0.5) is 17.1 Å². The first-order chi connectivity index (χ1) is 14.8. The summed E-state index contributed by atoms with van der Waals surface area (Å²) < 4.78 is 5.04. The van der Waals surface area contributed by atoms with Gasteiger partial charge >= 0.3 is 5.97 Å². The van der Waals surface area contributed by atoms with Crippen LogP contribution >= 0.6 is 12.6 Å². The zero-order valence-electron chi connectivity index (χ0n) is 17.2. The molecule has 0 aliphatic rings. The Hall–Kier alpha value is -2.72. The van der Waals surface area contributed by atoms with Gasteiger partial charge in [-0.2, -0.15) is 12.6 Å². The zero-order valence-corrected chi connectivity index (χ0v) is 18.1. The molecule has 3 nitrogen and oxygen atoms in total. The van der Waals surface area contributed by atoms with Gasteiger partial charge in [0.2, 0.25) is 0 Å². The van der Waals surface area contributed by atoms with Gasteiger partial charge in [0.05, 0.1) is 12.4 Å². The number of aryl methyl sites for hydroxylation is 1. The van der Waals surface area contributed by atoms with Crippen LogP contribution in [0.3, 0.4) is 0 Å². The Kier molecular flexibility index (Phi) is 8.85. The van der Waals surface area contributed by atoms with E-state index in [0.29, 0.717) is 6.61 Å². The van der Waals surface area contributed by atoms with Crippen molar-refractivity contribution in [3.63, 3.8) is 0 Å². The fourth-order valence-electron chi connectivity index (χ4n) is 3.43. The Morgan fingerprint density at radius 1 is 0.700 bits per heavy atom. The number of unbranched alkanes of at least 4 members (excludes halogenated alkanes) is 3. The van der Waals surface area contributed by atoms with Crippen LogP contribution in [0.5, 0.6) is 0 Å². The number of nitrogens with zero attached hydrogens (tertiary/aromatic N) is 1. The summed E-state index contributed by atoms with van der Waals surface area (Å²) in [5, 5.41) is 0. The first-order valence-corrected chi connectivity index (χ1v) is 11.2. The standard InChI is InChI=1S/C26H29NO2S/c28-26(21-30)29-20-10-2-1-5-11-22-16-18-25(19-17-22)27(23-12-6-3-7-13-23)24-14-8-4-9-15-24/h3-4,6-9,12-19,30H,1-2,5,10-11,20-21H2. The third-order valence-electron chi connectivity index (χ3n) is 4.98. The highest BCUT2D eigenvalue weighted by Crippen LogP contribution is 2.34. The van der Waals surface area contributed by atoms with Gasteiger partial charge in [-0.05, 0) is 61.2 Å². The fourth-order valence-corrected chi connectivity index (χ4v) is 3.52. The molecule has 3 rings (SSSR count). The van der Waals surface area contributed by atoms with Crippen molar-refractivity contribution in [3.8, 4) is 0 Å². The highest BCUT2D eigenvalue weighted by atomic mass is 32.1. The summed E-state index contributed by atoms with van der Waals surface area (Å²) in [7, 11) is 0. The van der Waals surface area contributed by atoms with Crippen LogP contribution in [0.15, 0.2) is 84.9 Å². The lowest BCUT2D eigenvalue weighted by Gasteiger charge is -2.25. The highest BCUT2D eigenvalue weighted by Gasteiger charge is 2.11. The highest BCUT2D eigenvalue weighted by molar-refractivity contribution is 7.81. The number of carbonyl (C=O) groups excluding carboxylic acids is 1. The third-order valence-corrected chi connectivity index (χ3v) is 5.23. The molecule has 0 spiro atoms. The summed E-state index contributed by atoms with van der Waals surface area (Å²) in [5.74, 6) is -0.0828. The van der Waals surface area contributed by atoms with Crippen LogP contribution < -0.4 is 4.90 Å². The molecule has 0 bridgehead atoms. The zero-order chi connectivity index (χ0) is 21.0. The smallest absolute Gasteiger partial charge is 0.315 e. The van der Waals surface area contributed by atoms with E-state index in [9.17, 15) is 4.79 Å². The van der Waals surface area contributed by atoms with Crippen LogP contribution in [0.25, 0.3) is 0 Å². The first kappa shape index (κ1) is 22.0. The summed E-state index contributed by atoms with van der Waals surface area (Å²) in [6.45, 7) is 0.503. The quantitative estimate of drug-likeness (QED) is 0.212. The van der Waals surface area contributed by atoms with Crippen LogP contribution in [-0.2, 0) is 16.0 Å². The monoisotopic (exact) mass is 419 g/mol. The molecular weight excluding hydrogens is 390 g/mol. The molecule has 0 aliphatic heterocycles. The molecule has 0 fully saturated rings. The maximum absolute atomic E-state index is 11.0. The van der Waals surface area contributed by atoms with Gasteiger partial charge in [-0.3, -0.25) is 4.79 Å². The van der Waals surface area contributed by atoms with Crippen molar-refractivity contribution in [1.29, 1.82) is 0 Å². The van der Waals surface area contributed by atoms with E-state index in [1.54, 1.807) is 0 Å². The molecule has 30 heavy (non-hydrogen) atoms. The summed E-state index contributed by atoms with van der Waals surface area (Å²) in [6, 6.07) is 29.7. The van der Waals surface area contributed by atoms with Gasteiger partial charge in [0.25, 0.3) is 0 Å². The number of esters is 1. The SMILES string of the molecule is O=C(CS)OCCCCCCc1ccc(N(c2ccccc2)c2ccccc2)cc1. The summed E-state index contributed by atoms with van der Waals surface area (Å²) in [6.07, 6.45) is 5.34. The number of ether oxygens (including phenoxy) is 1. The minimum Gasteiger partial charge on any atom is -0.465 e. The topological polar surface area (TPSA) is 29.5 Å². The Morgan fingerprint density at radius 2 is 1.23 bits per heavy atom. The molecule has 0 atom stereocenters. The average Bonchev–Trinajstić information content (AvgIpc) is 2.81. The summed E-state index contributed by atoms with van der Waals surface area (Å²) >= 11 is 3.90. The number of carbonyl (C=O) groups is 1. The molecule has 0 saturated heterocycles. The molecule has 0 N–H and O–H groups in total. The normalized spacial score (nSPS) is 10.6. The van der Waals surface area contributed by atoms with E-state index in [4.69, 9.17) is 4.74 Å². The second kappa shape index (κ2) is 12.1. The fraction of sp³-hybridized carbons (Fsp3) is 0.269. The van der Waals surface area contributed by atoms with Gasteiger partial charge in [0.1, 0.15) is 0 Å². The van der Waals surface area contributed by atoms with Crippen LogP contribution in [-0.4, -0.2) is 18.3 Å². The maximum atomic E-state index is 11.0. The molecule has 0 radical (unpaired) electrons. The predicted molar refractivity (Wildman–Crippen MR) is 128 cm³/mol. The van der Waals surface area contributed by atoms with Crippen molar-refractivity contribution < 1.29 is 9.53 Å². The molecule has 0 saturated carbocycles. The number of anilines is 3. The molecule has 0 unspecified atom stereocenters. The lowest BCUT2D eigenvalue weighted by atomic mass is 10.1. The molecule has 3 aromatic rings. The number of hydrogen-bond acceptors (Lipinski definition) is 4. The van der Waals surface area contributed by atoms with E-state index in [2.05, 4.69) is 90.3 Å². The van der Waals surface area contributed by atoms with Crippen LogP contribution in [0.2, 0.25) is 0 Å². The van der Waals surface area contributed by atoms with Crippen molar-refractivity contribution in [3.05, 3.63) is 90.5 Å². The van der Waals surface area contributed by atoms with E-state index >= 15 is 0 Å². The largest absolute Gasteiger partial charge is 0.465 e. The number of rotatable bonds is 11. The van der Waals surface area contributed by atoms with Gasteiger partial charge < -0.3 is 9.64 Å². The van der Waals surface area contributed by atoms with E-state index in [0.717, 1.165) is 49.2 Å². The van der Waals surface area contributed by atoms with Gasteiger partial charge in [-0.15, -0.1) is 0 Å². The van der Waals surface area contributed by atoms with Crippen molar-refractivity contribution in [1.82, 2.24) is 0 Å². The van der Waals surface area contributed by atoms with Gasteiger partial charge in [0, 0.05) is 17.1 Å². The Labute approximate surface area is 185 Å². The van der Waals surface area contributed by atoms with E-state index in [-0.39, 0.29) is 11.7 Å². The Bertz CT molecular complexity index is 842. The number of para-hydroxylation sites is 2. The number of benzene rings is 3. The van der Waals surface area contributed by atoms with Crippen LogP contribution in [0, 0.1) is 0 Å². The van der Waals surface area contributed by atoms with Gasteiger partial charge in [0.15, 0.2) is 0 Å². The average molecular weight is 420 g/mol. The van der Waals surface area contributed by atoms with Gasteiger partial charge in [-0.1, -0.05) is 61.4 Å². The molecule has 3 aromatic carbocycles. The summed E-state index contributed by atoms with van der Waals surface area (Å²) in [5.41, 5.74) is 4.80. The van der Waals surface area contributed by atoms with E-state index < -0.39 is 0 Å². The molecule has 0 heterocycles. The first-order valence-electron chi connectivity index (χ1n) is 10.5. The minimum absolute atomic E-state index is 0.155. The second-order valence-electron chi connectivity index (χ2n) is 7.22. The van der Waals surface area contributed by atoms with Crippen molar-refractivity contribution in [2.75, 3.05) is 17.3 Å². The lowest BCUT2D eigenvalue weighted by Crippen LogP contribution is -2.09. The third kappa shape index (κ3) is 6.67. The predicted octanol–water partition coefficient (Wildman–Crippen LogP) is 6.73. The maximum Gasteiger partial charge on any atom is 0.315 e. The molecule has 0 aromatic heterocycles. The van der Waals surface area contributed by atoms with E-state index in [1.807, 2.05) is 12.1 Å². The van der Waals surface area contributed by atoms with Crippen molar-refractivity contribution >= 4 is 35.7 Å². The van der Waals surface area contributed by atoms with Crippen LogP contribution in [0.1, 0.15) is 31.2 Å². The molecule has 156 valence electrons. The molecule has 4 heteroatoms. The second-order valence-corrected chi connectivity index (χ2v) is 7.53. The lowest BCUT2D eigenvalue weighted by molar-refractivity contribution is -0.140. The Balaban J connectivity index is 1.55. The van der Waals surface area contributed by atoms with Gasteiger partial charge in [-0.25, -0.2) is 0 Å². The van der Waals surface area contributed by atoms with E-state index in [1.165, 1.54) is 5.56 Å².